The second kappa shape index (κ2) is 8.64. The molecule has 3 atom stereocenters. The van der Waals surface area contributed by atoms with Crippen LogP contribution < -0.4 is 5.32 Å². The van der Waals surface area contributed by atoms with Crippen molar-refractivity contribution in [2.45, 2.75) is 57.8 Å². The number of benzene rings is 1. The first-order chi connectivity index (χ1) is 16.3. The molecule has 5 rings (SSSR count). The lowest BCUT2D eigenvalue weighted by atomic mass is 10.0. The quantitative estimate of drug-likeness (QED) is 0.659. The molecular weight excluding hydrogens is 440 g/mol. The van der Waals surface area contributed by atoms with Crippen LogP contribution in [0.3, 0.4) is 0 Å². The SMILES string of the molecule is C[C@@H]1CN(C(=O)c2cn(-c3ccc4c(c3)C(=O)N(C3CCC(=O)NC3=O)C4)nn2)[C@H](C)CCO1. The zero-order valence-electron chi connectivity index (χ0n) is 19.1. The summed E-state index contributed by atoms with van der Waals surface area (Å²) in [6, 6.07) is 4.66. The summed E-state index contributed by atoms with van der Waals surface area (Å²) in [6.45, 7) is 5.32. The van der Waals surface area contributed by atoms with Crippen LogP contribution >= 0.6 is 0 Å². The summed E-state index contributed by atoms with van der Waals surface area (Å²) in [5, 5.41) is 10.5. The molecule has 34 heavy (non-hydrogen) atoms. The average Bonchev–Trinajstić information content (AvgIpc) is 3.37. The first kappa shape index (κ1) is 22.2. The number of ether oxygens (including phenoxy) is 1. The van der Waals surface area contributed by atoms with Crippen molar-refractivity contribution >= 4 is 23.6 Å². The Balaban J connectivity index is 1.35. The van der Waals surface area contributed by atoms with Gasteiger partial charge in [-0.3, -0.25) is 24.5 Å². The third kappa shape index (κ3) is 3.96. The van der Waals surface area contributed by atoms with Crippen LogP contribution in [0.4, 0.5) is 0 Å². The number of rotatable bonds is 3. The first-order valence-corrected chi connectivity index (χ1v) is 11.4. The van der Waals surface area contributed by atoms with E-state index >= 15 is 0 Å². The van der Waals surface area contributed by atoms with E-state index in [1.165, 1.54) is 9.58 Å². The largest absolute Gasteiger partial charge is 0.377 e. The van der Waals surface area contributed by atoms with Crippen molar-refractivity contribution in [2.24, 2.45) is 0 Å². The minimum atomic E-state index is -0.668. The number of amides is 4. The lowest BCUT2D eigenvalue weighted by Crippen LogP contribution is -2.52. The Hall–Kier alpha value is -3.60. The lowest BCUT2D eigenvalue weighted by molar-refractivity contribution is -0.136. The molecule has 0 bridgehead atoms. The van der Waals surface area contributed by atoms with E-state index < -0.39 is 11.9 Å². The summed E-state index contributed by atoms with van der Waals surface area (Å²) >= 11 is 0. The summed E-state index contributed by atoms with van der Waals surface area (Å²) in [6.07, 6.45) is 2.77. The summed E-state index contributed by atoms with van der Waals surface area (Å²) < 4.78 is 7.14. The van der Waals surface area contributed by atoms with Crippen molar-refractivity contribution in [1.29, 1.82) is 0 Å². The highest BCUT2D eigenvalue weighted by Crippen LogP contribution is 2.29. The molecule has 3 aliphatic heterocycles. The van der Waals surface area contributed by atoms with E-state index in [-0.39, 0.29) is 42.0 Å². The van der Waals surface area contributed by atoms with Gasteiger partial charge in [0.2, 0.25) is 11.8 Å². The number of fused-ring (bicyclic) bond motifs is 1. The minimum absolute atomic E-state index is 0.0264. The van der Waals surface area contributed by atoms with Crippen molar-refractivity contribution in [3.8, 4) is 5.69 Å². The second-order valence-electron chi connectivity index (χ2n) is 9.07. The van der Waals surface area contributed by atoms with E-state index in [1.807, 2.05) is 19.9 Å². The maximum Gasteiger partial charge on any atom is 0.276 e. The van der Waals surface area contributed by atoms with Crippen molar-refractivity contribution in [2.75, 3.05) is 13.2 Å². The maximum absolute atomic E-state index is 13.1. The molecule has 0 saturated carbocycles. The zero-order chi connectivity index (χ0) is 24.0. The predicted molar refractivity (Wildman–Crippen MR) is 118 cm³/mol. The third-order valence-corrected chi connectivity index (χ3v) is 6.67. The van der Waals surface area contributed by atoms with E-state index in [1.54, 1.807) is 23.2 Å². The van der Waals surface area contributed by atoms with Crippen LogP contribution in [0.5, 0.6) is 0 Å². The molecule has 4 heterocycles. The van der Waals surface area contributed by atoms with Crippen LogP contribution in [0, 0.1) is 0 Å². The monoisotopic (exact) mass is 466 g/mol. The van der Waals surface area contributed by atoms with Crippen LogP contribution in [0.25, 0.3) is 5.69 Å². The number of carbonyl (C=O) groups is 4. The molecule has 178 valence electrons. The maximum atomic E-state index is 13.1. The summed E-state index contributed by atoms with van der Waals surface area (Å²) in [5.74, 6) is -1.24. The Morgan fingerprint density at radius 1 is 1.18 bits per heavy atom. The Labute approximate surface area is 196 Å². The molecule has 2 aromatic rings. The fourth-order valence-electron chi connectivity index (χ4n) is 4.71. The van der Waals surface area contributed by atoms with Gasteiger partial charge in [-0.1, -0.05) is 11.3 Å². The van der Waals surface area contributed by atoms with Crippen molar-refractivity contribution in [1.82, 2.24) is 30.1 Å². The van der Waals surface area contributed by atoms with Crippen molar-refractivity contribution < 1.29 is 23.9 Å². The van der Waals surface area contributed by atoms with Gasteiger partial charge in [0.1, 0.15) is 6.04 Å². The molecule has 2 saturated heterocycles. The third-order valence-electron chi connectivity index (χ3n) is 6.67. The summed E-state index contributed by atoms with van der Waals surface area (Å²) in [7, 11) is 0. The molecule has 2 fully saturated rings. The van der Waals surface area contributed by atoms with Gasteiger partial charge in [-0.25, -0.2) is 4.68 Å². The molecule has 0 radical (unpaired) electrons. The number of imide groups is 1. The Morgan fingerprint density at radius 3 is 2.79 bits per heavy atom. The molecule has 1 unspecified atom stereocenters. The highest BCUT2D eigenvalue weighted by atomic mass is 16.5. The molecular formula is C23H26N6O5. The van der Waals surface area contributed by atoms with E-state index in [9.17, 15) is 19.2 Å². The molecule has 0 aliphatic carbocycles. The van der Waals surface area contributed by atoms with Crippen molar-refractivity contribution in [3.05, 3.63) is 41.2 Å². The van der Waals surface area contributed by atoms with Crippen LogP contribution in [0.1, 0.15) is 59.5 Å². The van der Waals surface area contributed by atoms with Gasteiger partial charge < -0.3 is 14.5 Å². The van der Waals surface area contributed by atoms with Gasteiger partial charge in [0.15, 0.2) is 5.69 Å². The summed E-state index contributed by atoms with van der Waals surface area (Å²) in [4.78, 5) is 53.1. The van der Waals surface area contributed by atoms with Gasteiger partial charge >= 0.3 is 0 Å². The van der Waals surface area contributed by atoms with Crippen LogP contribution in [0.2, 0.25) is 0 Å². The number of piperidine rings is 1. The van der Waals surface area contributed by atoms with Crippen LogP contribution in [0.15, 0.2) is 24.4 Å². The number of nitrogens with one attached hydrogen (secondary N) is 1. The normalized spacial score (nSPS) is 25.2. The smallest absolute Gasteiger partial charge is 0.276 e. The van der Waals surface area contributed by atoms with Gasteiger partial charge in [0.25, 0.3) is 11.8 Å². The lowest BCUT2D eigenvalue weighted by Gasteiger charge is -2.29. The van der Waals surface area contributed by atoms with Gasteiger partial charge in [-0.15, -0.1) is 5.10 Å². The van der Waals surface area contributed by atoms with Crippen LogP contribution in [-0.2, 0) is 20.9 Å². The van der Waals surface area contributed by atoms with Crippen LogP contribution in [-0.4, -0.2) is 79.8 Å². The second-order valence-corrected chi connectivity index (χ2v) is 9.07. The molecule has 3 aliphatic rings. The number of carbonyl (C=O) groups excluding carboxylic acids is 4. The highest BCUT2D eigenvalue weighted by Gasteiger charge is 2.39. The Morgan fingerprint density at radius 2 is 2.00 bits per heavy atom. The molecule has 1 aromatic heterocycles. The fourth-order valence-corrected chi connectivity index (χ4v) is 4.71. The minimum Gasteiger partial charge on any atom is -0.377 e. The Bertz CT molecular complexity index is 1180. The standard InChI is InChI=1S/C23H26N6O5/c1-13-7-8-34-14(2)10-27(13)23(33)18-12-29(26-25-18)16-4-3-15-11-28(22(32)17(15)9-16)19-5-6-20(30)24-21(19)31/h3-4,9,12-14,19H,5-8,10-11H2,1-2H3,(H,24,30,31)/t13-,14-,19?/m1/s1. The molecule has 0 spiro atoms. The zero-order valence-corrected chi connectivity index (χ0v) is 19.1. The van der Waals surface area contributed by atoms with Gasteiger partial charge in [0, 0.05) is 37.7 Å². The predicted octanol–water partition coefficient (Wildman–Crippen LogP) is 0.668. The van der Waals surface area contributed by atoms with E-state index in [0.29, 0.717) is 37.4 Å². The number of hydrogen-bond donors (Lipinski definition) is 1. The molecule has 11 heteroatoms. The fraction of sp³-hybridized carbons (Fsp3) is 0.478. The van der Waals surface area contributed by atoms with Crippen molar-refractivity contribution in [3.63, 3.8) is 0 Å². The van der Waals surface area contributed by atoms with Gasteiger partial charge in [0.05, 0.1) is 18.0 Å². The van der Waals surface area contributed by atoms with E-state index in [0.717, 1.165) is 12.0 Å². The number of nitrogens with zero attached hydrogens (tertiary/aromatic N) is 5. The van der Waals surface area contributed by atoms with Gasteiger partial charge in [-0.2, -0.15) is 0 Å². The van der Waals surface area contributed by atoms with E-state index in [4.69, 9.17) is 4.74 Å². The first-order valence-electron chi connectivity index (χ1n) is 11.4. The molecule has 4 amide bonds. The highest BCUT2D eigenvalue weighted by molar-refractivity contribution is 6.05. The Kier molecular flexibility index (Phi) is 5.64. The molecule has 11 nitrogen and oxygen atoms in total. The summed E-state index contributed by atoms with van der Waals surface area (Å²) in [5.41, 5.74) is 2.07. The number of aromatic nitrogens is 3. The van der Waals surface area contributed by atoms with E-state index in [2.05, 4.69) is 15.6 Å². The number of hydrogen-bond acceptors (Lipinski definition) is 7. The molecule has 1 N–H and O–H groups in total. The average molecular weight is 466 g/mol. The topological polar surface area (TPSA) is 127 Å². The van der Waals surface area contributed by atoms with Gasteiger partial charge in [-0.05, 0) is 44.4 Å². The molecule has 1 aromatic carbocycles.